The topological polar surface area (TPSA) is 12.0 Å². The number of hydrogen-bond acceptors (Lipinski definition) is 1. The first-order valence-electron chi connectivity index (χ1n) is 5.85. The van der Waals surface area contributed by atoms with E-state index in [1.54, 1.807) is 12.1 Å². The lowest BCUT2D eigenvalue weighted by Crippen LogP contribution is -2.22. The Morgan fingerprint density at radius 2 is 1.88 bits per heavy atom. The van der Waals surface area contributed by atoms with Gasteiger partial charge in [-0.3, -0.25) is 0 Å². The first-order chi connectivity index (χ1) is 7.96. The maximum Gasteiger partial charge on any atom is 0.416 e. The molecule has 0 amide bonds. The molecule has 3 rings (SSSR count). The second-order valence-corrected chi connectivity index (χ2v) is 5.14. The Hall–Kier alpha value is -1.03. The third-order valence-corrected chi connectivity index (χ3v) is 4.50. The lowest BCUT2D eigenvalue weighted by Gasteiger charge is -2.15. The van der Waals surface area contributed by atoms with Gasteiger partial charge in [-0.2, -0.15) is 13.2 Å². The number of piperidine rings is 1. The largest absolute Gasteiger partial charge is 0.416 e. The molecule has 1 N–H and O–H groups in total. The molecule has 1 saturated carbocycles. The molecule has 1 heterocycles. The molecule has 1 aliphatic carbocycles. The third-order valence-electron chi connectivity index (χ3n) is 4.50. The Balaban J connectivity index is 1.91. The normalized spacial score (nSPS) is 35.8. The van der Waals surface area contributed by atoms with Gasteiger partial charge in [0.15, 0.2) is 0 Å². The minimum Gasteiger partial charge on any atom is -0.316 e. The molecular weight excluding hydrogens is 227 g/mol. The van der Waals surface area contributed by atoms with Gasteiger partial charge in [0.25, 0.3) is 0 Å². The smallest absolute Gasteiger partial charge is 0.316 e. The number of halogens is 3. The zero-order valence-corrected chi connectivity index (χ0v) is 9.51. The Kier molecular flexibility index (Phi) is 2.12. The molecule has 2 unspecified atom stereocenters. The summed E-state index contributed by atoms with van der Waals surface area (Å²) in [6.45, 7) is 4.07. The highest BCUT2D eigenvalue weighted by molar-refractivity contribution is 5.41. The van der Waals surface area contributed by atoms with Crippen LogP contribution in [0.15, 0.2) is 24.3 Å². The summed E-state index contributed by atoms with van der Waals surface area (Å²) in [5.41, 5.74) is 0.589. The van der Waals surface area contributed by atoms with E-state index in [0.29, 0.717) is 11.8 Å². The molecule has 17 heavy (non-hydrogen) atoms. The van der Waals surface area contributed by atoms with E-state index in [0.717, 1.165) is 18.7 Å². The predicted octanol–water partition coefficient (Wildman–Crippen LogP) is 2.81. The predicted molar refractivity (Wildman–Crippen MR) is 58.6 cm³/mol. The lowest BCUT2D eigenvalue weighted by atomic mass is 9.92. The average Bonchev–Trinajstić information content (AvgIpc) is 2.70. The van der Waals surface area contributed by atoms with E-state index in [2.05, 4.69) is 12.2 Å². The van der Waals surface area contributed by atoms with E-state index in [4.69, 9.17) is 0 Å². The van der Waals surface area contributed by atoms with Crippen LogP contribution in [0.25, 0.3) is 0 Å². The maximum absolute atomic E-state index is 12.5. The number of rotatable bonds is 1. The van der Waals surface area contributed by atoms with Gasteiger partial charge in [0.05, 0.1) is 5.56 Å². The van der Waals surface area contributed by atoms with Crippen molar-refractivity contribution < 1.29 is 13.2 Å². The molecule has 2 aliphatic rings. The highest BCUT2D eigenvalue weighted by Crippen LogP contribution is 2.61. The van der Waals surface area contributed by atoms with Crippen LogP contribution >= 0.6 is 0 Å². The second kappa shape index (κ2) is 3.25. The van der Waals surface area contributed by atoms with Crippen LogP contribution in [0, 0.1) is 11.8 Å². The van der Waals surface area contributed by atoms with Gasteiger partial charge in [-0.1, -0.05) is 19.1 Å². The molecule has 1 nitrogen and oxygen atoms in total. The van der Waals surface area contributed by atoms with Crippen LogP contribution < -0.4 is 5.32 Å². The molecule has 0 radical (unpaired) electrons. The number of alkyl halides is 3. The van der Waals surface area contributed by atoms with Gasteiger partial charge >= 0.3 is 6.18 Å². The van der Waals surface area contributed by atoms with Crippen molar-refractivity contribution in [1.82, 2.24) is 5.32 Å². The maximum atomic E-state index is 12.5. The van der Waals surface area contributed by atoms with Gasteiger partial charge in [-0.15, -0.1) is 0 Å². The third kappa shape index (κ3) is 1.43. The molecule has 4 heteroatoms. The van der Waals surface area contributed by atoms with E-state index in [9.17, 15) is 13.2 Å². The van der Waals surface area contributed by atoms with Gasteiger partial charge in [0.1, 0.15) is 0 Å². The lowest BCUT2D eigenvalue weighted by molar-refractivity contribution is -0.137. The Bertz CT molecular complexity index is 437. The summed E-state index contributed by atoms with van der Waals surface area (Å²) in [5, 5.41) is 3.31. The highest BCUT2D eigenvalue weighted by atomic mass is 19.4. The second-order valence-electron chi connectivity index (χ2n) is 5.14. The van der Waals surface area contributed by atoms with Crippen LogP contribution in [0.3, 0.4) is 0 Å². The van der Waals surface area contributed by atoms with E-state index < -0.39 is 11.7 Å². The van der Waals surface area contributed by atoms with E-state index >= 15 is 0 Å². The molecule has 0 spiro atoms. The first-order valence-corrected chi connectivity index (χ1v) is 5.85. The molecule has 3 atom stereocenters. The molecule has 1 aliphatic heterocycles. The summed E-state index contributed by atoms with van der Waals surface area (Å²) in [6.07, 6.45) is -4.24. The van der Waals surface area contributed by atoms with Crippen molar-refractivity contribution in [3.05, 3.63) is 35.4 Å². The zero-order chi connectivity index (χ0) is 12.3. The van der Waals surface area contributed by atoms with E-state index in [1.807, 2.05) is 0 Å². The molecular formula is C13H14F3N. The summed E-state index contributed by atoms with van der Waals surface area (Å²) >= 11 is 0. The minimum absolute atomic E-state index is 0.101. The van der Waals surface area contributed by atoms with Crippen LogP contribution in [0.5, 0.6) is 0 Å². The number of benzene rings is 1. The van der Waals surface area contributed by atoms with Gasteiger partial charge in [0, 0.05) is 12.0 Å². The quantitative estimate of drug-likeness (QED) is 0.797. The van der Waals surface area contributed by atoms with Gasteiger partial charge in [-0.25, -0.2) is 0 Å². The average molecular weight is 241 g/mol. The molecule has 92 valence electrons. The highest BCUT2D eigenvalue weighted by Gasteiger charge is 2.64. The summed E-state index contributed by atoms with van der Waals surface area (Å²) in [4.78, 5) is 0. The fourth-order valence-electron chi connectivity index (χ4n) is 3.36. The Morgan fingerprint density at radius 1 is 1.24 bits per heavy atom. The van der Waals surface area contributed by atoms with Crippen molar-refractivity contribution in [2.75, 3.05) is 13.1 Å². The minimum atomic E-state index is -4.24. The van der Waals surface area contributed by atoms with E-state index in [1.165, 1.54) is 12.1 Å². The Labute approximate surface area is 98.0 Å². The number of nitrogens with one attached hydrogen (secondary N) is 1. The molecule has 0 aromatic heterocycles. The molecule has 1 aromatic rings. The Morgan fingerprint density at radius 3 is 2.35 bits per heavy atom. The van der Waals surface area contributed by atoms with Crippen LogP contribution in [0.4, 0.5) is 13.2 Å². The van der Waals surface area contributed by atoms with Crippen LogP contribution in [0.1, 0.15) is 18.1 Å². The summed E-state index contributed by atoms with van der Waals surface area (Å²) in [6, 6.07) is 5.69. The fraction of sp³-hybridized carbons (Fsp3) is 0.538. The number of fused-ring (bicyclic) bond motifs is 1. The van der Waals surface area contributed by atoms with Crippen molar-refractivity contribution in [3.63, 3.8) is 0 Å². The van der Waals surface area contributed by atoms with Gasteiger partial charge in [-0.05, 0) is 36.1 Å². The zero-order valence-electron chi connectivity index (χ0n) is 9.51. The fourth-order valence-corrected chi connectivity index (χ4v) is 3.36. The SMILES string of the molecule is CC1C2CNC[C@@]12c1ccc(C(F)(F)F)cc1. The molecule has 1 aromatic carbocycles. The molecule has 0 bridgehead atoms. The van der Waals surface area contributed by atoms with Gasteiger partial charge < -0.3 is 5.32 Å². The summed E-state index contributed by atoms with van der Waals surface area (Å²) < 4.78 is 37.4. The van der Waals surface area contributed by atoms with Crippen molar-refractivity contribution in [1.29, 1.82) is 0 Å². The monoisotopic (exact) mass is 241 g/mol. The van der Waals surface area contributed by atoms with Crippen LogP contribution in [0.2, 0.25) is 0 Å². The van der Waals surface area contributed by atoms with Crippen molar-refractivity contribution in [2.45, 2.75) is 18.5 Å². The molecule has 2 fully saturated rings. The van der Waals surface area contributed by atoms with E-state index in [-0.39, 0.29) is 5.41 Å². The summed E-state index contributed by atoms with van der Waals surface area (Å²) in [5.74, 6) is 1.18. The van der Waals surface area contributed by atoms with Crippen molar-refractivity contribution >= 4 is 0 Å². The molecule has 1 saturated heterocycles. The van der Waals surface area contributed by atoms with Crippen LogP contribution in [-0.2, 0) is 11.6 Å². The van der Waals surface area contributed by atoms with Crippen LogP contribution in [-0.4, -0.2) is 13.1 Å². The van der Waals surface area contributed by atoms with Crippen molar-refractivity contribution in [3.8, 4) is 0 Å². The summed E-state index contributed by atoms with van der Waals surface area (Å²) in [7, 11) is 0. The van der Waals surface area contributed by atoms with Crippen molar-refractivity contribution in [2.24, 2.45) is 11.8 Å². The standard InChI is InChI=1S/C13H14F3N/c1-8-11-6-17-7-12(8,11)9-2-4-10(5-3-9)13(14,15)16/h2-5,8,11,17H,6-7H2,1H3/t8?,11?,12-/m0/s1. The van der Waals surface area contributed by atoms with Gasteiger partial charge in [0.2, 0.25) is 0 Å². The first kappa shape index (κ1) is 11.1. The number of hydrogen-bond donors (Lipinski definition) is 1.